The zero-order valence-corrected chi connectivity index (χ0v) is 22.2. The molecule has 0 fully saturated rings. The van der Waals surface area contributed by atoms with Crippen LogP contribution in [0.15, 0.2) is 107 Å². The Kier molecular flexibility index (Phi) is 7.57. The first kappa shape index (κ1) is 25.7. The van der Waals surface area contributed by atoms with Gasteiger partial charge in [0.25, 0.3) is 5.91 Å². The molecule has 0 saturated heterocycles. The number of thioether (sulfide) groups is 2. The first-order valence-corrected chi connectivity index (χ1v) is 13.8. The lowest BCUT2D eigenvalue weighted by Gasteiger charge is -2.40. The summed E-state index contributed by atoms with van der Waals surface area (Å²) in [6.45, 7) is 1.78. The zero-order chi connectivity index (χ0) is 26.6. The number of urea groups is 1. The Morgan fingerprint density at radius 1 is 0.947 bits per heavy atom. The highest BCUT2D eigenvalue weighted by molar-refractivity contribution is 8.00. The van der Waals surface area contributed by atoms with E-state index in [1.807, 2.05) is 65.6 Å². The number of hydrogen-bond acceptors (Lipinski definition) is 5. The third-order valence-corrected chi connectivity index (χ3v) is 8.58. The number of hydrogen-bond donors (Lipinski definition) is 3. The van der Waals surface area contributed by atoms with Crippen molar-refractivity contribution in [2.75, 3.05) is 15.5 Å². The maximum absolute atomic E-state index is 13.6. The Labute approximate surface area is 229 Å². The fourth-order valence-electron chi connectivity index (χ4n) is 4.35. The monoisotopic (exact) mass is 542 g/mol. The second-order valence-corrected chi connectivity index (χ2v) is 11.4. The lowest BCUT2D eigenvalue weighted by Crippen LogP contribution is -2.49. The molecule has 4 N–H and O–H groups in total. The molecule has 2 aliphatic rings. The third kappa shape index (κ3) is 5.49. The van der Waals surface area contributed by atoms with Crippen molar-refractivity contribution < 1.29 is 14.4 Å². The predicted molar refractivity (Wildman–Crippen MR) is 155 cm³/mol. The summed E-state index contributed by atoms with van der Waals surface area (Å²) in [7, 11) is 0. The van der Waals surface area contributed by atoms with E-state index >= 15 is 0 Å². The quantitative estimate of drug-likeness (QED) is 0.336. The number of carbonyl (C=O) groups excluding carboxylic acids is 3. The van der Waals surface area contributed by atoms with Crippen molar-refractivity contribution >= 4 is 58.4 Å². The Hall–Kier alpha value is -3.95. The second-order valence-electron chi connectivity index (χ2n) is 8.80. The van der Waals surface area contributed by atoms with Crippen LogP contribution in [0.4, 0.5) is 21.9 Å². The summed E-state index contributed by atoms with van der Waals surface area (Å²) in [6, 6.07) is 21.7. The maximum Gasteiger partial charge on any atom is 0.326 e. The summed E-state index contributed by atoms with van der Waals surface area (Å²) >= 11 is 3.11. The molecule has 1 aliphatic carbocycles. The standard InChI is InChI=1S/C29H26N4O3S2/c1-18(28(35)32-22-12-3-2-11-21(22)27(30)34)37-20-10-8-9-19(17-20)31-29(36)33-23-13-4-6-15-25(23)38-26-16-7-5-14-24(26)33/h2-18,23,25H,1H3,(H2,30,34)(H,31,36)(H,32,35). The topological polar surface area (TPSA) is 105 Å². The van der Waals surface area contributed by atoms with Crippen LogP contribution in [-0.4, -0.2) is 34.4 Å². The molecule has 1 aliphatic heterocycles. The van der Waals surface area contributed by atoms with Crippen LogP contribution in [0.25, 0.3) is 0 Å². The third-order valence-electron chi connectivity index (χ3n) is 6.18. The molecule has 3 unspecified atom stereocenters. The van der Waals surface area contributed by atoms with E-state index in [0.29, 0.717) is 11.4 Å². The molecular formula is C29H26N4O3S2. The fourth-order valence-corrected chi connectivity index (χ4v) is 6.54. The number of benzene rings is 3. The first-order valence-electron chi connectivity index (χ1n) is 12.1. The van der Waals surface area contributed by atoms with Crippen LogP contribution in [0.1, 0.15) is 17.3 Å². The molecule has 3 aromatic carbocycles. The lowest BCUT2D eigenvalue weighted by molar-refractivity contribution is -0.115. The van der Waals surface area contributed by atoms with Crippen molar-refractivity contribution in [1.29, 1.82) is 0 Å². The molecular weight excluding hydrogens is 516 g/mol. The average molecular weight is 543 g/mol. The van der Waals surface area contributed by atoms with Gasteiger partial charge in [0.1, 0.15) is 0 Å². The molecule has 0 aromatic heterocycles. The predicted octanol–water partition coefficient (Wildman–Crippen LogP) is 5.91. The molecule has 3 aromatic rings. The van der Waals surface area contributed by atoms with Crippen LogP contribution < -0.4 is 21.3 Å². The number of anilines is 3. The van der Waals surface area contributed by atoms with E-state index in [9.17, 15) is 14.4 Å². The summed E-state index contributed by atoms with van der Waals surface area (Å²) in [4.78, 5) is 41.8. The van der Waals surface area contributed by atoms with Gasteiger partial charge in [-0.15, -0.1) is 23.5 Å². The van der Waals surface area contributed by atoms with Crippen LogP contribution in [0.5, 0.6) is 0 Å². The SMILES string of the molecule is CC(Sc1cccc(NC(=O)N2c3ccccc3SC3C=CC=CC32)c1)C(=O)Nc1ccccc1C(N)=O. The van der Waals surface area contributed by atoms with Gasteiger partial charge in [-0.05, 0) is 49.4 Å². The zero-order valence-electron chi connectivity index (χ0n) is 20.5. The molecule has 38 heavy (non-hydrogen) atoms. The van der Waals surface area contributed by atoms with Crippen molar-refractivity contribution in [2.45, 2.75) is 33.3 Å². The van der Waals surface area contributed by atoms with Gasteiger partial charge < -0.3 is 16.4 Å². The highest BCUT2D eigenvalue weighted by Crippen LogP contribution is 2.43. The minimum absolute atomic E-state index is 0.0931. The minimum Gasteiger partial charge on any atom is -0.366 e. The molecule has 5 rings (SSSR count). The molecule has 3 atom stereocenters. The lowest BCUT2D eigenvalue weighted by atomic mass is 10.1. The van der Waals surface area contributed by atoms with Gasteiger partial charge in [-0.1, -0.05) is 54.6 Å². The number of para-hydroxylation sites is 2. The number of allylic oxidation sites excluding steroid dienone is 2. The molecule has 4 amide bonds. The fraction of sp³-hybridized carbons (Fsp3) is 0.138. The summed E-state index contributed by atoms with van der Waals surface area (Å²) in [6.07, 6.45) is 8.16. The molecule has 1 heterocycles. The Bertz CT molecular complexity index is 1450. The molecule has 0 radical (unpaired) electrons. The van der Waals surface area contributed by atoms with Crippen LogP contribution in [0.3, 0.4) is 0 Å². The number of nitrogens with two attached hydrogens (primary N) is 1. The van der Waals surface area contributed by atoms with Gasteiger partial charge in [0.2, 0.25) is 5.91 Å². The van der Waals surface area contributed by atoms with Crippen LogP contribution in [0.2, 0.25) is 0 Å². The van der Waals surface area contributed by atoms with E-state index in [0.717, 1.165) is 15.5 Å². The molecule has 0 saturated carbocycles. The van der Waals surface area contributed by atoms with Crippen LogP contribution >= 0.6 is 23.5 Å². The summed E-state index contributed by atoms with van der Waals surface area (Å²) in [5.74, 6) is -0.866. The molecule has 9 heteroatoms. The highest BCUT2D eigenvalue weighted by atomic mass is 32.2. The molecule has 0 bridgehead atoms. The van der Waals surface area contributed by atoms with E-state index in [4.69, 9.17) is 5.73 Å². The summed E-state index contributed by atoms with van der Waals surface area (Å²) < 4.78 is 0. The summed E-state index contributed by atoms with van der Waals surface area (Å²) in [5, 5.41) is 5.50. The number of fused-ring (bicyclic) bond motifs is 2. The van der Waals surface area contributed by atoms with E-state index in [-0.39, 0.29) is 28.8 Å². The largest absolute Gasteiger partial charge is 0.366 e. The molecule has 192 valence electrons. The van der Waals surface area contributed by atoms with Gasteiger partial charge in [-0.25, -0.2) is 4.79 Å². The van der Waals surface area contributed by atoms with Gasteiger partial charge in [0.05, 0.1) is 33.5 Å². The Morgan fingerprint density at radius 3 is 2.55 bits per heavy atom. The maximum atomic E-state index is 13.6. The molecule has 7 nitrogen and oxygen atoms in total. The number of carbonyl (C=O) groups is 3. The number of amides is 4. The van der Waals surface area contributed by atoms with E-state index in [1.165, 1.54) is 11.8 Å². The Balaban J connectivity index is 1.29. The van der Waals surface area contributed by atoms with Gasteiger partial charge in [-0.3, -0.25) is 14.5 Å². The van der Waals surface area contributed by atoms with E-state index in [2.05, 4.69) is 22.8 Å². The van der Waals surface area contributed by atoms with Crippen LogP contribution in [-0.2, 0) is 4.79 Å². The average Bonchev–Trinajstić information content (AvgIpc) is 2.92. The number of primary amides is 1. The number of nitrogens with zero attached hydrogens (tertiary/aromatic N) is 1. The minimum atomic E-state index is -0.606. The van der Waals surface area contributed by atoms with Crippen LogP contribution in [0, 0.1) is 0 Å². The smallest absolute Gasteiger partial charge is 0.326 e. The number of nitrogens with one attached hydrogen (secondary N) is 2. The van der Waals surface area contributed by atoms with Crippen molar-refractivity contribution in [3.63, 3.8) is 0 Å². The van der Waals surface area contributed by atoms with Crippen molar-refractivity contribution in [3.8, 4) is 0 Å². The van der Waals surface area contributed by atoms with E-state index in [1.54, 1.807) is 43.0 Å². The van der Waals surface area contributed by atoms with Crippen molar-refractivity contribution in [3.05, 3.63) is 103 Å². The van der Waals surface area contributed by atoms with Gasteiger partial charge >= 0.3 is 6.03 Å². The van der Waals surface area contributed by atoms with Crippen molar-refractivity contribution in [2.24, 2.45) is 5.73 Å². The van der Waals surface area contributed by atoms with Gasteiger partial charge in [0, 0.05) is 15.5 Å². The Morgan fingerprint density at radius 2 is 1.71 bits per heavy atom. The first-order chi connectivity index (χ1) is 18.4. The second kappa shape index (κ2) is 11.2. The highest BCUT2D eigenvalue weighted by Gasteiger charge is 2.36. The van der Waals surface area contributed by atoms with Gasteiger partial charge in [0.15, 0.2) is 0 Å². The number of rotatable bonds is 6. The van der Waals surface area contributed by atoms with Crippen molar-refractivity contribution in [1.82, 2.24) is 0 Å². The molecule has 0 spiro atoms. The normalized spacial score (nSPS) is 18.2. The summed E-state index contributed by atoms with van der Waals surface area (Å²) in [5.41, 5.74) is 7.57. The van der Waals surface area contributed by atoms with Gasteiger partial charge in [-0.2, -0.15) is 0 Å². The van der Waals surface area contributed by atoms with E-state index < -0.39 is 11.2 Å².